The molecule has 10 rings (SSSR count). The summed E-state index contributed by atoms with van der Waals surface area (Å²) in [5.74, 6) is 0. The highest BCUT2D eigenvalue weighted by Crippen LogP contribution is 2.62. The van der Waals surface area contributed by atoms with E-state index < -0.39 is 7.14 Å². The van der Waals surface area contributed by atoms with Crippen molar-refractivity contribution in [2.24, 2.45) is 0 Å². The van der Waals surface area contributed by atoms with Gasteiger partial charge in [0.15, 0.2) is 7.14 Å². The zero-order chi connectivity index (χ0) is 35.9. The van der Waals surface area contributed by atoms with E-state index in [0.29, 0.717) is 6.54 Å². The molecule has 0 spiro atoms. The van der Waals surface area contributed by atoms with Gasteiger partial charge < -0.3 is 9.46 Å². The molecule has 254 valence electrons. The molecule has 0 amide bonds. The van der Waals surface area contributed by atoms with Crippen LogP contribution in [0, 0.1) is 0 Å². The lowest BCUT2D eigenvalue weighted by molar-refractivity contribution is 0.591. The second-order valence-electron chi connectivity index (χ2n) is 14.9. The number of rotatable bonds is 4. The molecule has 7 aromatic carbocycles. The molecule has 7 aromatic rings. The molecule has 1 unspecified atom stereocenters. The summed E-state index contributed by atoms with van der Waals surface area (Å²) in [7, 11) is -3.09. The van der Waals surface area contributed by atoms with E-state index in [9.17, 15) is 0 Å². The predicted molar refractivity (Wildman–Crippen MR) is 225 cm³/mol. The predicted octanol–water partition coefficient (Wildman–Crippen LogP) is 12.3. The maximum atomic E-state index is 15.2. The third-order valence-corrected chi connectivity index (χ3v) is 14.9. The van der Waals surface area contributed by atoms with Gasteiger partial charge in [-0.25, -0.2) is 0 Å². The highest BCUT2D eigenvalue weighted by atomic mass is 31.2. The van der Waals surface area contributed by atoms with E-state index in [1.54, 1.807) is 0 Å². The Morgan fingerprint density at radius 2 is 1.23 bits per heavy atom. The Hall–Kier alpha value is -5.95. The Balaban J connectivity index is 1.06. The molecule has 2 heterocycles. The molecule has 0 N–H and O–H groups in total. The van der Waals surface area contributed by atoms with Crippen molar-refractivity contribution in [1.29, 1.82) is 0 Å². The topological polar surface area (TPSA) is 20.3 Å². The summed E-state index contributed by atoms with van der Waals surface area (Å²) < 4.78 is 15.2. The standard InChI is InChI=1S/C50H38NOP/c1-33-37-17-9-12-26-49(37)53(52,36-15-5-4-6-16-36)48(33)30-28-35-32-51(46-24-11-8-18-39(35)46)47-25-14-21-40-38(20-13-22-43(40)47)34-27-29-42-41-19-7-10-23-44(41)50(2,3)45(42)31-34/h4-31H,1,32H2,2-3H3/b35-28+,48-30+. The zero-order valence-electron chi connectivity index (χ0n) is 29.9. The highest BCUT2D eigenvalue weighted by Gasteiger charge is 2.41. The molecule has 1 aliphatic carbocycles. The number of allylic oxidation sites excluding steroid dienone is 4. The van der Waals surface area contributed by atoms with Crippen molar-refractivity contribution in [3.05, 3.63) is 204 Å². The summed E-state index contributed by atoms with van der Waals surface area (Å²) in [6.07, 6.45) is 4.27. The summed E-state index contributed by atoms with van der Waals surface area (Å²) >= 11 is 0. The Morgan fingerprint density at radius 3 is 2.08 bits per heavy atom. The molecular weight excluding hydrogens is 662 g/mol. The number of benzene rings is 7. The van der Waals surface area contributed by atoms with Crippen LogP contribution in [0.3, 0.4) is 0 Å². The second kappa shape index (κ2) is 11.8. The van der Waals surface area contributed by atoms with Gasteiger partial charge in [-0.3, -0.25) is 0 Å². The fourth-order valence-electron chi connectivity index (χ4n) is 9.09. The van der Waals surface area contributed by atoms with Crippen LogP contribution < -0.4 is 15.5 Å². The van der Waals surface area contributed by atoms with Gasteiger partial charge in [0.25, 0.3) is 0 Å². The van der Waals surface area contributed by atoms with Gasteiger partial charge >= 0.3 is 0 Å². The van der Waals surface area contributed by atoms with Crippen molar-refractivity contribution >= 4 is 51.0 Å². The summed E-state index contributed by atoms with van der Waals surface area (Å²) in [4.78, 5) is 2.43. The first-order valence-corrected chi connectivity index (χ1v) is 20.1. The lowest BCUT2D eigenvalue weighted by Crippen LogP contribution is -2.15. The van der Waals surface area contributed by atoms with E-state index in [4.69, 9.17) is 0 Å². The average Bonchev–Trinajstić information content (AvgIpc) is 3.77. The third-order valence-electron chi connectivity index (χ3n) is 11.7. The number of fused-ring (bicyclic) bond motifs is 6. The minimum atomic E-state index is -3.09. The zero-order valence-corrected chi connectivity index (χ0v) is 30.8. The quantitative estimate of drug-likeness (QED) is 0.171. The Bertz CT molecular complexity index is 2790. The van der Waals surface area contributed by atoms with Crippen molar-refractivity contribution in [3.63, 3.8) is 0 Å². The van der Waals surface area contributed by atoms with Crippen LogP contribution in [0.5, 0.6) is 0 Å². The van der Waals surface area contributed by atoms with Crippen LogP contribution in [0.4, 0.5) is 11.4 Å². The molecule has 1 atom stereocenters. The lowest BCUT2D eigenvalue weighted by atomic mass is 9.81. The molecule has 0 saturated carbocycles. The average molecular weight is 700 g/mol. The van der Waals surface area contributed by atoms with E-state index in [2.05, 4.69) is 141 Å². The number of hydrogen-bond donors (Lipinski definition) is 0. The highest BCUT2D eigenvalue weighted by molar-refractivity contribution is 7.83. The summed E-state index contributed by atoms with van der Waals surface area (Å²) in [6.45, 7) is 9.86. The first-order valence-electron chi connectivity index (χ1n) is 18.4. The summed E-state index contributed by atoms with van der Waals surface area (Å²) in [5.41, 5.74) is 14.4. The molecule has 2 nitrogen and oxygen atoms in total. The van der Waals surface area contributed by atoms with Crippen molar-refractivity contribution in [2.45, 2.75) is 19.3 Å². The molecule has 2 aliphatic heterocycles. The Morgan fingerprint density at radius 1 is 0.585 bits per heavy atom. The first kappa shape index (κ1) is 31.8. The molecule has 0 radical (unpaired) electrons. The molecule has 53 heavy (non-hydrogen) atoms. The van der Waals surface area contributed by atoms with E-state index in [0.717, 1.165) is 27.1 Å². The van der Waals surface area contributed by atoms with Gasteiger partial charge in [0, 0.05) is 50.2 Å². The van der Waals surface area contributed by atoms with Crippen LogP contribution in [0.25, 0.3) is 44.2 Å². The Kier molecular flexibility index (Phi) is 7.06. The fourth-order valence-corrected chi connectivity index (χ4v) is 12.1. The fraction of sp³-hybridized carbons (Fsp3) is 0.0800. The number of anilines is 2. The smallest absolute Gasteiger partial charge is 0.172 e. The van der Waals surface area contributed by atoms with Crippen LogP contribution in [-0.2, 0) is 9.98 Å². The summed E-state index contributed by atoms with van der Waals surface area (Å²) in [5, 5.41) is 4.98. The van der Waals surface area contributed by atoms with Gasteiger partial charge in [-0.05, 0) is 79.8 Å². The van der Waals surface area contributed by atoms with Gasteiger partial charge in [0.1, 0.15) is 0 Å². The van der Waals surface area contributed by atoms with Gasteiger partial charge in [0.05, 0.1) is 0 Å². The molecule has 3 aliphatic rings. The van der Waals surface area contributed by atoms with E-state index >= 15 is 4.57 Å². The van der Waals surface area contributed by atoms with Crippen LogP contribution in [0.15, 0.2) is 182 Å². The van der Waals surface area contributed by atoms with Crippen LogP contribution in [0.1, 0.15) is 36.1 Å². The number of nitrogens with zero attached hydrogens (tertiary/aromatic N) is 1. The van der Waals surface area contributed by atoms with Crippen molar-refractivity contribution in [1.82, 2.24) is 0 Å². The van der Waals surface area contributed by atoms with Crippen LogP contribution in [-0.4, -0.2) is 6.54 Å². The van der Waals surface area contributed by atoms with Gasteiger partial charge in [-0.2, -0.15) is 0 Å². The molecule has 0 aromatic heterocycles. The van der Waals surface area contributed by atoms with Crippen LogP contribution >= 0.6 is 7.14 Å². The first-order chi connectivity index (χ1) is 25.9. The van der Waals surface area contributed by atoms with Gasteiger partial charge in [-0.15, -0.1) is 0 Å². The molecular formula is C50H38NOP. The number of para-hydroxylation sites is 1. The monoisotopic (exact) mass is 699 g/mol. The minimum absolute atomic E-state index is 0.0581. The molecule has 0 saturated heterocycles. The van der Waals surface area contributed by atoms with Gasteiger partial charge in [0.2, 0.25) is 0 Å². The normalized spacial score (nSPS) is 19.4. The van der Waals surface area contributed by atoms with E-state index in [1.165, 1.54) is 66.7 Å². The van der Waals surface area contributed by atoms with Crippen molar-refractivity contribution in [3.8, 4) is 22.3 Å². The summed E-state index contributed by atoms with van der Waals surface area (Å²) in [6, 6.07) is 55.8. The Labute approximate surface area is 311 Å². The molecule has 0 bridgehead atoms. The van der Waals surface area contributed by atoms with Crippen molar-refractivity contribution < 1.29 is 4.57 Å². The second-order valence-corrected chi connectivity index (χ2v) is 17.6. The molecule has 0 fully saturated rings. The van der Waals surface area contributed by atoms with Gasteiger partial charge in [-0.1, -0.05) is 166 Å². The minimum Gasteiger partial charge on any atom is -0.336 e. The van der Waals surface area contributed by atoms with E-state index in [1.807, 2.05) is 54.6 Å². The van der Waals surface area contributed by atoms with Crippen molar-refractivity contribution in [2.75, 3.05) is 11.4 Å². The maximum absolute atomic E-state index is 15.2. The maximum Gasteiger partial charge on any atom is 0.172 e. The third kappa shape index (κ3) is 4.62. The molecule has 3 heteroatoms. The van der Waals surface area contributed by atoms with E-state index in [-0.39, 0.29) is 5.41 Å². The lowest BCUT2D eigenvalue weighted by Gasteiger charge is -2.23. The number of hydrogen-bond acceptors (Lipinski definition) is 2. The SMILES string of the molecule is C=C1/C(=C\C=C2/CN(c3cccc4c(-c5ccc6c(c5)C(C)(C)c5ccccc5-6)cccc34)c3ccccc32)P(=O)(c2ccccc2)c2ccccc21. The van der Waals surface area contributed by atoms with Crippen LogP contribution in [0.2, 0.25) is 0 Å². The largest absolute Gasteiger partial charge is 0.336 e.